The minimum absolute atomic E-state index is 0.0684. The third-order valence-corrected chi connectivity index (χ3v) is 6.04. The molecule has 1 N–H and O–H groups in total. The van der Waals surface area contributed by atoms with Crippen LogP contribution in [0.15, 0.2) is 24.4 Å². The second-order valence-electron chi connectivity index (χ2n) is 8.27. The molecule has 2 aliphatic heterocycles. The minimum atomic E-state index is 0.0684. The van der Waals surface area contributed by atoms with Crippen molar-refractivity contribution in [2.24, 2.45) is 7.05 Å². The summed E-state index contributed by atoms with van der Waals surface area (Å²) in [7, 11) is 1.99. The molecule has 0 unspecified atom stereocenters. The first kappa shape index (κ1) is 20.7. The number of fused-ring (bicyclic) bond motifs is 1. The summed E-state index contributed by atoms with van der Waals surface area (Å²) in [4.78, 5) is 28.9. The van der Waals surface area contributed by atoms with Crippen LogP contribution in [0.1, 0.15) is 38.5 Å². The molecule has 0 saturated carbocycles. The summed E-state index contributed by atoms with van der Waals surface area (Å²) in [5.41, 5.74) is 1.89. The summed E-state index contributed by atoms with van der Waals surface area (Å²) >= 11 is 0. The van der Waals surface area contributed by atoms with Crippen LogP contribution in [0.5, 0.6) is 0 Å². The Hall–Kier alpha value is -2.61. The van der Waals surface area contributed by atoms with Gasteiger partial charge in [0, 0.05) is 45.2 Å². The normalized spacial score (nSPS) is 16.8. The van der Waals surface area contributed by atoms with Gasteiger partial charge in [0.1, 0.15) is 11.5 Å². The first-order valence-corrected chi connectivity index (χ1v) is 11.1. The highest BCUT2D eigenvalue weighted by Gasteiger charge is 2.26. The van der Waals surface area contributed by atoms with E-state index in [0.717, 1.165) is 36.7 Å². The van der Waals surface area contributed by atoms with Crippen LogP contribution in [0.25, 0.3) is 11.4 Å². The summed E-state index contributed by atoms with van der Waals surface area (Å²) in [5.74, 6) is 0.999. The maximum atomic E-state index is 12.5. The van der Waals surface area contributed by atoms with E-state index in [1.54, 1.807) is 4.90 Å². The van der Waals surface area contributed by atoms with E-state index in [2.05, 4.69) is 15.3 Å². The van der Waals surface area contributed by atoms with Crippen molar-refractivity contribution in [3.8, 4) is 11.4 Å². The Morgan fingerprint density at radius 1 is 1.17 bits per heavy atom. The molecule has 1 fully saturated rings. The number of carbonyl (C=O) groups excluding carboxylic acids is 2. The fourth-order valence-electron chi connectivity index (χ4n) is 4.37. The van der Waals surface area contributed by atoms with Gasteiger partial charge in [0.25, 0.3) is 0 Å². The molecule has 162 valence electrons. The van der Waals surface area contributed by atoms with Crippen molar-refractivity contribution < 1.29 is 9.59 Å². The molecule has 2 amide bonds. The summed E-state index contributed by atoms with van der Waals surface area (Å²) in [5, 5.41) is 7.70. The minimum Gasteiger partial charge on any atom is -0.356 e. The molecule has 0 radical (unpaired) electrons. The van der Waals surface area contributed by atoms with E-state index in [0.29, 0.717) is 32.4 Å². The van der Waals surface area contributed by atoms with Gasteiger partial charge < -0.3 is 14.8 Å². The fraction of sp³-hybridized carbons (Fsp3) is 0.591. The van der Waals surface area contributed by atoms with E-state index in [1.807, 2.05) is 40.7 Å². The van der Waals surface area contributed by atoms with Gasteiger partial charge >= 0.3 is 0 Å². The first-order valence-electron chi connectivity index (χ1n) is 11.1. The Kier molecular flexibility index (Phi) is 6.52. The molecule has 0 aromatic carbocycles. The predicted molar refractivity (Wildman–Crippen MR) is 116 cm³/mol. The van der Waals surface area contributed by atoms with Crippen molar-refractivity contribution in [3.05, 3.63) is 24.4 Å². The van der Waals surface area contributed by atoms with Crippen LogP contribution in [0.2, 0.25) is 0 Å². The standard InChI is InChI=1S/C22H32N6O2/c1-25-11-4-7-19(25)18-17-21-27(22(30)9-16-28(21)24-18)15-5-8-20(29)23-10-6-14-26-12-2-3-13-26/h4,7,11,17H,2-3,5-6,8-10,12-16H2,1H3,(H,23,29). The molecular formula is C22H32N6O2. The fourth-order valence-corrected chi connectivity index (χ4v) is 4.37. The SMILES string of the molecule is Cn1cccc1-c1cc2n(n1)CCC(=O)N2CCCC(=O)NCCCN1CCCC1. The number of likely N-dealkylation sites (tertiary alicyclic amines) is 1. The van der Waals surface area contributed by atoms with Crippen LogP contribution in [-0.4, -0.2) is 63.8 Å². The third-order valence-electron chi connectivity index (χ3n) is 6.04. The van der Waals surface area contributed by atoms with Crippen molar-refractivity contribution in [2.75, 3.05) is 37.6 Å². The largest absolute Gasteiger partial charge is 0.356 e. The molecule has 2 aromatic heterocycles. The molecular weight excluding hydrogens is 380 g/mol. The topological polar surface area (TPSA) is 75.4 Å². The lowest BCUT2D eigenvalue weighted by atomic mass is 10.2. The van der Waals surface area contributed by atoms with Crippen molar-refractivity contribution in [3.63, 3.8) is 0 Å². The average molecular weight is 413 g/mol. The van der Waals surface area contributed by atoms with Crippen LogP contribution < -0.4 is 10.2 Å². The molecule has 0 aliphatic carbocycles. The highest BCUT2D eigenvalue weighted by molar-refractivity contribution is 5.94. The number of nitrogens with one attached hydrogen (secondary N) is 1. The Labute approximate surface area is 177 Å². The number of nitrogens with zero attached hydrogens (tertiary/aromatic N) is 5. The van der Waals surface area contributed by atoms with Gasteiger partial charge in [0.05, 0.1) is 12.2 Å². The van der Waals surface area contributed by atoms with Crippen LogP contribution in [0.4, 0.5) is 5.82 Å². The molecule has 4 heterocycles. The number of aryl methyl sites for hydroxylation is 2. The molecule has 1 saturated heterocycles. The molecule has 8 nitrogen and oxygen atoms in total. The van der Waals surface area contributed by atoms with E-state index >= 15 is 0 Å². The number of hydrogen-bond acceptors (Lipinski definition) is 4. The van der Waals surface area contributed by atoms with E-state index in [-0.39, 0.29) is 11.8 Å². The second-order valence-corrected chi connectivity index (χ2v) is 8.27. The lowest BCUT2D eigenvalue weighted by molar-refractivity contribution is -0.122. The Morgan fingerprint density at radius 3 is 2.77 bits per heavy atom. The molecule has 30 heavy (non-hydrogen) atoms. The number of aromatic nitrogens is 3. The van der Waals surface area contributed by atoms with Gasteiger partial charge in [0.15, 0.2) is 0 Å². The molecule has 4 rings (SSSR count). The summed E-state index contributed by atoms with van der Waals surface area (Å²) in [6.45, 7) is 5.33. The van der Waals surface area contributed by atoms with Crippen LogP contribution in [0, 0.1) is 0 Å². The Bertz CT molecular complexity index is 880. The smallest absolute Gasteiger partial charge is 0.229 e. The monoisotopic (exact) mass is 412 g/mol. The lowest BCUT2D eigenvalue weighted by Crippen LogP contribution is -2.38. The highest BCUT2D eigenvalue weighted by atomic mass is 16.2. The number of amides is 2. The Balaban J connectivity index is 1.25. The van der Waals surface area contributed by atoms with Crippen molar-refractivity contribution in [1.82, 2.24) is 24.6 Å². The van der Waals surface area contributed by atoms with Crippen molar-refractivity contribution in [2.45, 2.75) is 45.1 Å². The zero-order chi connectivity index (χ0) is 20.9. The van der Waals surface area contributed by atoms with Gasteiger partial charge in [-0.25, -0.2) is 4.68 Å². The van der Waals surface area contributed by atoms with Gasteiger partial charge in [-0.05, 0) is 57.5 Å². The molecule has 0 atom stereocenters. The molecule has 0 bridgehead atoms. The van der Waals surface area contributed by atoms with Gasteiger partial charge in [-0.2, -0.15) is 5.10 Å². The predicted octanol–water partition coefficient (Wildman–Crippen LogP) is 2.01. The molecule has 2 aromatic rings. The maximum absolute atomic E-state index is 12.5. The molecule has 0 spiro atoms. The van der Waals surface area contributed by atoms with Gasteiger partial charge in [-0.15, -0.1) is 0 Å². The van der Waals surface area contributed by atoms with E-state index in [4.69, 9.17) is 0 Å². The lowest BCUT2D eigenvalue weighted by Gasteiger charge is -2.27. The number of anilines is 1. The van der Waals surface area contributed by atoms with Crippen molar-refractivity contribution in [1.29, 1.82) is 0 Å². The van der Waals surface area contributed by atoms with Gasteiger partial charge in [-0.3, -0.25) is 14.5 Å². The molecule has 8 heteroatoms. The van der Waals surface area contributed by atoms with E-state index in [9.17, 15) is 9.59 Å². The maximum Gasteiger partial charge on any atom is 0.229 e. The summed E-state index contributed by atoms with van der Waals surface area (Å²) in [6.07, 6.45) is 7.11. The number of rotatable bonds is 9. The Morgan fingerprint density at radius 2 is 2.00 bits per heavy atom. The van der Waals surface area contributed by atoms with Gasteiger partial charge in [-0.1, -0.05) is 0 Å². The quantitative estimate of drug-likeness (QED) is 0.640. The second kappa shape index (κ2) is 9.47. The first-order chi connectivity index (χ1) is 14.6. The van der Waals surface area contributed by atoms with Crippen molar-refractivity contribution >= 4 is 17.6 Å². The van der Waals surface area contributed by atoms with Gasteiger partial charge in [0.2, 0.25) is 11.8 Å². The molecule has 2 aliphatic rings. The van der Waals surface area contributed by atoms with E-state index < -0.39 is 0 Å². The van der Waals surface area contributed by atoms with Crippen LogP contribution in [0.3, 0.4) is 0 Å². The van der Waals surface area contributed by atoms with Crippen LogP contribution in [-0.2, 0) is 23.2 Å². The zero-order valence-corrected chi connectivity index (χ0v) is 17.8. The highest BCUT2D eigenvalue weighted by Crippen LogP contribution is 2.28. The number of hydrogen-bond donors (Lipinski definition) is 1. The van der Waals surface area contributed by atoms with E-state index in [1.165, 1.54) is 25.9 Å². The summed E-state index contributed by atoms with van der Waals surface area (Å²) in [6, 6.07) is 5.99. The summed E-state index contributed by atoms with van der Waals surface area (Å²) < 4.78 is 3.93. The van der Waals surface area contributed by atoms with Crippen LogP contribution >= 0.6 is 0 Å². The average Bonchev–Trinajstić information content (AvgIpc) is 3.47. The third kappa shape index (κ3) is 4.75. The zero-order valence-electron chi connectivity index (χ0n) is 17.8. The number of carbonyl (C=O) groups is 2.